The average Bonchev–Trinajstić information content (AvgIpc) is 3.24. The van der Waals surface area contributed by atoms with Crippen LogP contribution in [0, 0.1) is 0 Å². The molecule has 0 aliphatic carbocycles. The van der Waals surface area contributed by atoms with Crippen LogP contribution in [-0.2, 0) is 6.54 Å². The van der Waals surface area contributed by atoms with Crippen LogP contribution in [0.5, 0.6) is 0 Å². The minimum atomic E-state index is 0.374. The molecule has 0 amide bonds. The van der Waals surface area contributed by atoms with Crippen LogP contribution in [0.25, 0.3) is 11.4 Å². The first-order valence-corrected chi connectivity index (χ1v) is 8.26. The summed E-state index contributed by atoms with van der Waals surface area (Å²) >= 11 is 5.89. The number of benzene rings is 1. The summed E-state index contributed by atoms with van der Waals surface area (Å²) in [7, 11) is 0. The minimum absolute atomic E-state index is 0.374. The molecule has 1 aromatic carbocycles. The zero-order valence-electron chi connectivity index (χ0n) is 13.1. The monoisotopic (exact) mass is 333 g/mol. The highest BCUT2D eigenvalue weighted by Crippen LogP contribution is 2.19. The molecule has 122 valence electrons. The van der Waals surface area contributed by atoms with E-state index >= 15 is 0 Å². The molecule has 1 N–H and O–H groups in total. The fourth-order valence-corrected chi connectivity index (χ4v) is 2.66. The van der Waals surface area contributed by atoms with Crippen molar-refractivity contribution in [2.24, 2.45) is 4.99 Å². The molecule has 0 radical (unpaired) electrons. The number of hydrogen-bond donors (Lipinski definition) is 1. The van der Waals surface area contributed by atoms with E-state index in [1.165, 1.54) is 12.8 Å². The maximum absolute atomic E-state index is 5.89. The van der Waals surface area contributed by atoms with Crippen molar-refractivity contribution < 1.29 is 4.52 Å². The molecule has 1 saturated heterocycles. The second-order valence-electron chi connectivity index (χ2n) is 5.38. The largest absolute Gasteiger partial charge is 0.357 e. The third kappa shape index (κ3) is 4.01. The van der Waals surface area contributed by atoms with Crippen molar-refractivity contribution in [3.05, 3.63) is 35.2 Å². The van der Waals surface area contributed by atoms with E-state index in [0.717, 1.165) is 31.2 Å². The first kappa shape index (κ1) is 15.8. The molecule has 7 heteroatoms. The van der Waals surface area contributed by atoms with Gasteiger partial charge in [0.25, 0.3) is 0 Å². The number of likely N-dealkylation sites (tertiary alicyclic amines) is 1. The maximum Gasteiger partial charge on any atom is 0.248 e. The van der Waals surface area contributed by atoms with E-state index in [0.29, 0.717) is 23.3 Å². The van der Waals surface area contributed by atoms with Crippen molar-refractivity contribution in [2.75, 3.05) is 19.6 Å². The van der Waals surface area contributed by atoms with Gasteiger partial charge in [-0.1, -0.05) is 16.8 Å². The fraction of sp³-hybridized carbons (Fsp3) is 0.438. The SMILES string of the molecule is CCNC(=NCc1nc(-c2ccc(Cl)cc2)no1)N1CCCC1. The summed E-state index contributed by atoms with van der Waals surface area (Å²) in [6.45, 7) is 5.38. The van der Waals surface area contributed by atoms with Crippen LogP contribution in [-0.4, -0.2) is 40.6 Å². The molecular weight excluding hydrogens is 314 g/mol. The Kier molecular flexibility index (Phi) is 5.12. The lowest BCUT2D eigenvalue weighted by molar-refractivity contribution is 0.379. The number of hydrogen-bond acceptors (Lipinski definition) is 4. The van der Waals surface area contributed by atoms with Crippen LogP contribution in [0.2, 0.25) is 5.02 Å². The number of aliphatic imine (C=N–C) groups is 1. The van der Waals surface area contributed by atoms with E-state index in [9.17, 15) is 0 Å². The topological polar surface area (TPSA) is 66.5 Å². The first-order chi connectivity index (χ1) is 11.3. The van der Waals surface area contributed by atoms with Crippen LogP contribution in [0.4, 0.5) is 0 Å². The molecule has 0 bridgehead atoms. The second kappa shape index (κ2) is 7.46. The normalized spacial score (nSPS) is 15.2. The lowest BCUT2D eigenvalue weighted by Crippen LogP contribution is -2.39. The summed E-state index contributed by atoms with van der Waals surface area (Å²) in [5, 5.41) is 8.00. The van der Waals surface area contributed by atoms with Crippen molar-refractivity contribution in [3.8, 4) is 11.4 Å². The lowest BCUT2D eigenvalue weighted by Gasteiger charge is -2.20. The van der Waals surface area contributed by atoms with E-state index in [1.807, 2.05) is 24.3 Å². The van der Waals surface area contributed by atoms with Gasteiger partial charge in [0.05, 0.1) is 0 Å². The summed E-state index contributed by atoms with van der Waals surface area (Å²) in [5.74, 6) is 1.97. The van der Waals surface area contributed by atoms with Gasteiger partial charge in [-0.3, -0.25) is 0 Å². The maximum atomic E-state index is 5.89. The number of aromatic nitrogens is 2. The van der Waals surface area contributed by atoms with Crippen LogP contribution < -0.4 is 5.32 Å². The molecule has 0 atom stereocenters. The predicted octanol–water partition coefficient (Wildman–Crippen LogP) is 2.95. The van der Waals surface area contributed by atoms with Crippen LogP contribution in [0.1, 0.15) is 25.7 Å². The molecule has 0 saturated carbocycles. The van der Waals surface area contributed by atoms with Crippen LogP contribution >= 0.6 is 11.6 Å². The van der Waals surface area contributed by atoms with E-state index in [1.54, 1.807) is 0 Å². The van der Waals surface area contributed by atoms with E-state index < -0.39 is 0 Å². The first-order valence-electron chi connectivity index (χ1n) is 7.88. The molecule has 2 heterocycles. The van der Waals surface area contributed by atoms with Crippen molar-refractivity contribution in [1.82, 2.24) is 20.4 Å². The molecular formula is C16H20ClN5O. The predicted molar refractivity (Wildman–Crippen MR) is 90.4 cm³/mol. The number of guanidine groups is 1. The highest BCUT2D eigenvalue weighted by atomic mass is 35.5. The minimum Gasteiger partial charge on any atom is -0.357 e. The zero-order chi connectivity index (χ0) is 16.1. The molecule has 1 aliphatic heterocycles. The van der Waals surface area contributed by atoms with Crippen molar-refractivity contribution >= 4 is 17.6 Å². The number of halogens is 1. The highest BCUT2D eigenvalue weighted by molar-refractivity contribution is 6.30. The molecule has 3 rings (SSSR count). The van der Waals surface area contributed by atoms with Gasteiger partial charge in [0.2, 0.25) is 11.7 Å². The van der Waals surface area contributed by atoms with Gasteiger partial charge >= 0.3 is 0 Å². The van der Waals surface area contributed by atoms with Gasteiger partial charge in [-0.05, 0) is 44.0 Å². The van der Waals surface area contributed by atoms with E-state index in [2.05, 4.69) is 32.3 Å². The van der Waals surface area contributed by atoms with Crippen molar-refractivity contribution in [2.45, 2.75) is 26.3 Å². The lowest BCUT2D eigenvalue weighted by atomic mass is 10.2. The Morgan fingerprint density at radius 3 is 2.74 bits per heavy atom. The summed E-state index contributed by atoms with van der Waals surface area (Å²) in [4.78, 5) is 11.3. The van der Waals surface area contributed by atoms with Gasteiger partial charge in [0.1, 0.15) is 6.54 Å². The number of rotatable bonds is 4. The quantitative estimate of drug-likeness (QED) is 0.688. The highest BCUT2D eigenvalue weighted by Gasteiger charge is 2.16. The molecule has 1 fully saturated rings. The van der Waals surface area contributed by atoms with Crippen LogP contribution in [0.3, 0.4) is 0 Å². The fourth-order valence-electron chi connectivity index (χ4n) is 2.53. The molecule has 1 aliphatic rings. The van der Waals surface area contributed by atoms with Gasteiger partial charge in [0, 0.05) is 30.2 Å². The summed E-state index contributed by atoms with van der Waals surface area (Å²) in [5.41, 5.74) is 0.875. The van der Waals surface area contributed by atoms with E-state index in [4.69, 9.17) is 16.1 Å². The van der Waals surface area contributed by atoms with Gasteiger partial charge in [-0.15, -0.1) is 0 Å². The van der Waals surface area contributed by atoms with Gasteiger partial charge < -0.3 is 14.7 Å². The Morgan fingerprint density at radius 1 is 1.30 bits per heavy atom. The molecule has 23 heavy (non-hydrogen) atoms. The van der Waals surface area contributed by atoms with Gasteiger partial charge in [-0.2, -0.15) is 4.98 Å². The Hall–Kier alpha value is -2.08. The molecule has 1 aromatic heterocycles. The Balaban J connectivity index is 1.69. The molecule has 0 spiro atoms. The Labute approximate surface area is 140 Å². The summed E-state index contributed by atoms with van der Waals surface area (Å²) < 4.78 is 5.29. The smallest absolute Gasteiger partial charge is 0.248 e. The molecule has 6 nitrogen and oxygen atoms in total. The number of nitrogens with one attached hydrogen (secondary N) is 1. The zero-order valence-corrected chi connectivity index (χ0v) is 13.9. The third-order valence-electron chi connectivity index (χ3n) is 3.68. The average molecular weight is 334 g/mol. The van der Waals surface area contributed by atoms with Crippen LogP contribution in [0.15, 0.2) is 33.8 Å². The van der Waals surface area contributed by atoms with Crippen molar-refractivity contribution in [3.63, 3.8) is 0 Å². The van der Waals surface area contributed by atoms with Gasteiger partial charge in [-0.25, -0.2) is 4.99 Å². The van der Waals surface area contributed by atoms with Gasteiger partial charge in [0.15, 0.2) is 5.96 Å². The second-order valence-corrected chi connectivity index (χ2v) is 5.82. The van der Waals surface area contributed by atoms with Crippen molar-refractivity contribution in [1.29, 1.82) is 0 Å². The molecule has 0 unspecified atom stereocenters. The molecule has 2 aromatic rings. The Morgan fingerprint density at radius 2 is 2.04 bits per heavy atom. The summed E-state index contributed by atoms with van der Waals surface area (Å²) in [6.07, 6.45) is 2.43. The van der Waals surface area contributed by atoms with E-state index in [-0.39, 0.29) is 0 Å². The Bertz CT molecular complexity index is 661. The summed E-state index contributed by atoms with van der Waals surface area (Å²) in [6, 6.07) is 7.35. The standard InChI is InChI=1S/C16H20ClN5O/c1-2-18-16(22-9-3-4-10-22)19-11-14-20-15(21-23-14)12-5-7-13(17)8-6-12/h5-8H,2-4,9-11H2,1H3,(H,18,19). The third-order valence-corrected chi connectivity index (χ3v) is 3.93. The number of nitrogens with zero attached hydrogens (tertiary/aromatic N) is 4.